The number of hydrogen-bond acceptors (Lipinski definition) is 1. The maximum Gasteiger partial charge on any atom is -0.00146 e. The van der Waals surface area contributed by atoms with Crippen molar-refractivity contribution in [2.24, 2.45) is 29.1 Å². The normalized spacial score (nSPS) is 35.5. The van der Waals surface area contributed by atoms with Crippen molar-refractivity contribution in [1.82, 2.24) is 5.32 Å². The summed E-state index contributed by atoms with van der Waals surface area (Å²) < 4.78 is 0. The first-order valence-corrected chi connectivity index (χ1v) is 10.4. The molecule has 0 aromatic heterocycles. The summed E-state index contributed by atoms with van der Waals surface area (Å²) in [5.41, 5.74) is 0.695. The number of nitrogens with one attached hydrogen (secondary N) is 1. The third-order valence-electron chi connectivity index (χ3n) is 7.75. The molecule has 0 spiro atoms. The average Bonchev–Trinajstić information content (AvgIpc) is 3.17. The van der Waals surface area contributed by atoms with Gasteiger partial charge in [0.2, 0.25) is 0 Å². The molecule has 2 saturated carbocycles. The standard InChI is InChI=1S/C21H39N/c1-3-19(21(2)13-6-7-14-21)12-5-4-9-17-10-8-11-18-15-22-16-20(17)18/h17-20,22H,3-16H2,1-2H3/t17-,18+,19?,20?/m0/s1. The van der Waals surface area contributed by atoms with Crippen molar-refractivity contribution in [1.29, 1.82) is 0 Å². The molecule has 1 aliphatic heterocycles. The maximum atomic E-state index is 3.65. The lowest BCUT2D eigenvalue weighted by molar-refractivity contribution is 0.161. The molecule has 1 heterocycles. The Morgan fingerprint density at radius 3 is 2.64 bits per heavy atom. The van der Waals surface area contributed by atoms with Crippen molar-refractivity contribution in [3.8, 4) is 0 Å². The molecule has 128 valence electrons. The second kappa shape index (κ2) is 7.69. The van der Waals surface area contributed by atoms with Crippen LogP contribution in [-0.4, -0.2) is 13.1 Å². The first kappa shape index (κ1) is 16.8. The van der Waals surface area contributed by atoms with E-state index in [1.54, 1.807) is 0 Å². The molecule has 1 nitrogen and oxygen atoms in total. The lowest BCUT2D eigenvalue weighted by Crippen LogP contribution is -2.27. The van der Waals surface area contributed by atoms with Gasteiger partial charge in [-0.25, -0.2) is 0 Å². The van der Waals surface area contributed by atoms with E-state index in [0.29, 0.717) is 5.41 Å². The third kappa shape index (κ3) is 3.71. The molecule has 22 heavy (non-hydrogen) atoms. The predicted molar refractivity (Wildman–Crippen MR) is 96.0 cm³/mol. The predicted octanol–water partition coefficient (Wildman–Crippen LogP) is 5.79. The van der Waals surface area contributed by atoms with Crippen LogP contribution < -0.4 is 5.32 Å². The van der Waals surface area contributed by atoms with Crippen LogP contribution in [0.1, 0.15) is 90.9 Å². The van der Waals surface area contributed by atoms with E-state index < -0.39 is 0 Å². The van der Waals surface area contributed by atoms with Gasteiger partial charge < -0.3 is 5.32 Å². The van der Waals surface area contributed by atoms with E-state index in [1.807, 2.05) is 0 Å². The van der Waals surface area contributed by atoms with E-state index in [0.717, 1.165) is 23.7 Å². The average molecular weight is 306 g/mol. The molecule has 1 saturated heterocycles. The fourth-order valence-electron chi connectivity index (χ4n) is 6.27. The van der Waals surface area contributed by atoms with Gasteiger partial charge in [0.05, 0.1) is 0 Å². The molecular weight excluding hydrogens is 266 g/mol. The minimum atomic E-state index is 0.695. The number of rotatable bonds is 7. The third-order valence-corrected chi connectivity index (χ3v) is 7.75. The van der Waals surface area contributed by atoms with Crippen molar-refractivity contribution in [3.05, 3.63) is 0 Å². The highest BCUT2D eigenvalue weighted by Crippen LogP contribution is 2.47. The van der Waals surface area contributed by atoms with Gasteiger partial charge in [0, 0.05) is 0 Å². The van der Waals surface area contributed by atoms with E-state index in [4.69, 9.17) is 0 Å². The fourth-order valence-corrected chi connectivity index (χ4v) is 6.27. The quantitative estimate of drug-likeness (QED) is 0.587. The molecule has 4 atom stereocenters. The van der Waals surface area contributed by atoms with Gasteiger partial charge in [-0.15, -0.1) is 0 Å². The molecule has 1 N–H and O–H groups in total. The lowest BCUT2D eigenvalue weighted by Gasteiger charge is -2.35. The highest BCUT2D eigenvalue weighted by Gasteiger charge is 2.37. The van der Waals surface area contributed by atoms with Crippen LogP contribution in [0.5, 0.6) is 0 Å². The summed E-state index contributed by atoms with van der Waals surface area (Å²) in [6, 6.07) is 0. The summed E-state index contributed by atoms with van der Waals surface area (Å²) in [4.78, 5) is 0. The maximum absolute atomic E-state index is 3.65. The topological polar surface area (TPSA) is 12.0 Å². The van der Waals surface area contributed by atoms with Crippen LogP contribution in [0.2, 0.25) is 0 Å². The van der Waals surface area contributed by atoms with E-state index in [-0.39, 0.29) is 0 Å². The largest absolute Gasteiger partial charge is 0.316 e. The molecular formula is C21H39N. The highest BCUT2D eigenvalue weighted by molar-refractivity contribution is 4.90. The molecule has 2 unspecified atom stereocenters. The number of fused-ring (bicyclic) bond motifs is 1. The zero-order valence-corrected chi connectivity index (χ0v) is 15.2. The summed E-state index contributed by atoms with van der Waals surface area (Å²) in [7, 11) is 0. The molecule has 0 radical (unpaired) electrons. The Balaban J connectivity index is 1.39. The minimum Gasteiger partial charge on any atom is -0.316 e. The van der Waals surface area contributed by atoms with E-state index in [2.05, 4.69) is 19.2 Å². The summed E-state index contributed by atoms with van der Waals surface area (Å²) in [6.45, 7) is 7.66. The second-order valence-corrected chi connectivity index (χ2v) is 9.02. The lowest BCUT2D eigenvalue weighted by atomic mass is 9.70. The Morgan fingerprint density at radius 2 is 1.86 bits per heavy atom. The van der Waals surface area contributed by atoms with Crippen LogP contribution in [0.15, 0.2) is 0 Å². The van der Waals surface area contributed by atoms with Crippen molar-refractivity contribution < 1.29 is 0 Å². The Labute approximate surface area is 139 Å². The Hall–Kier alpha value is -0.0400. The highest BCUT2D eigenvalue weighted by atomic mass is 14.9. The molecule has 0 aromatic rings. The van der Waals surface area contributed by atoms with Gasteiger partial charge in [-0.2, -0.15) is 0 Å². The van der Waals surface area contributed by atoms with Crippen LogP contribution in [0.3, 0.4) is 0 Å². The van der Waals surface area contributed by atoms with Gasteiger partial charge in [-0.3, -0.25) is 0 Å². The summed E-state index contributed by atoms with van der Waals surface area (Å²) in [5, 5.41) is 3.65. The minimum absolute atomic E-state index is 0.695. The molecule has 0 amide bonds. The van der Waals surface area contributed by atoms with Crippen LogP contribution in [0.4, 0.5) is 0 Å². The van der Waals surface area contributed by atoms with Gasteiger partial charge in [0.25, 0.3) is 0 Å². The Bertz CT molecular complexity index is 331. The fraction of sp³-hybridized carbons (Fsp3) is 1.00. The van der Waals surface area contributed by atoms with Crippen LogP contribution >= 0.6 is 0 Å². The Kier molecular flexibility index (Phi) is 5.87. The van der Waals surface area contributed by atoms with Crippen molar-refractivity contribution >= 4 is 0 Å². The van der Waals surface area contributed by atoms with Gasteiger partial charge in [-0.05, 0) is 67.9 Å². The second-order valence-electron chi connectivity index (χ2n) is 9.02. The van der Waals surface area contributed by atoms with Crippen molar-refractivity contribution in [2.45, 2.75) is 90.9 Å². The van der Waals surface area contributed by atoms with Gasteiger partial charge in [0.15, 0.2) is 0 Å². The zero-order valence-electron chi connectivity index (χ0n) is 15.2. The molecule has 3 aliphatic rings. The molecule has 1 heteroatoms. The van der Waals surface area contributed by atoms with Crippen molar-refractivity contribution in [2.75, 3.05) is 13.1 Å². The molecule has 3 fully saturated rings. The smallest absolute Gasteiger partial charge is 0.00146 e. The SMILES string of the molecule is CCC(CCCC[C@H]1CCC[C@@H]2CNCC12)C1(C)CCCC1. The van der Waals surface area contributed by atoms with Gasteiger partial charge in [0.1, 0.15) is 0 Å². The summed E-state index contributed by atoms with van der Waals surface area (Å²) >= 11 is 0. The molecule has 2 aliphatic carbocycles. The first-order valence-electron chi connectivity index (χ1n) is 10.4. The Morgan fingerprint density at radius 1 is 1.05 bits per heavy atom. The molecule has 3 rings (SSSR count). The zero-order chi connectivity index (χ0) is 15.4. The summed E-state index contributed by atoms with van der Waals surface area (Å²) in [6.07, 6.45) is 18.0. The van der Waals surface area contributed by atoms with Crippen molar-refractivity contribution in [3.63, 3.8) is 0 Å². The molecule has 0 aromatic carbocycles. The first-order chi connectivity index (χ1) is 10.7. The van der Waals surface area contributed by atoms with E-state index >= 15 is 0 Å². The van der Waals surface area contributed by atoms with Crippen LogP contribution in [0, 0.1) is 29.1 Å². The number of hydrogen-bond donors (Lipinski definition) is 1. The van der Waals surface area contributed by atoms with Crippen LogP contribution in [-0.2, 0) is 0 Å². The van der Waals surface area contributed by atoms with Gasteiger partial charge in [-0.1, -0.05) is 65.2 Å². The monoisotopic (exact) mass is 305 g/mol. The summed E-state index contributed by atoms with van der Waals surface area (Å²) in [5.74, 6) is 4.11. The molecule has 0 bridgehead atoms. The van der Waals surface area contributed by atoms with E-state index in [9.17, 15) is 0 Å². The van der Waals surface area contributed by atoms with Gasteiger partial charge >= 0.3 is 0 Å². The van der Waals surface area contributed by atoms with Crippen LogP contribution in [0.25, 0.3) is 0 Å². The van der Waals surface area contributed by atoms with E-state index in [1.165, 1.54) is 90.1 Å². The number of unbranched alkanes of at least 4 members (excludes halogenated alkanes) is 1.